The molecule has 1 aliphatic carbocycles. The van der Waals surface area contributed by atoms with Gasteiger partial charge in [0.1, 0.15) is 22.9 Å². The topological polar surface area (TPSA) is 74.2 Å². The number of nitrogens with zero attached hydrogens (tertiary/aromatic N) is 1. The van der Waals surface area contributed by atoms with Gasteiger partial charge < -0.3 is 15.4 Å². The van der Waals surface area contributed by atoms with Crippen molar-refractivity contribution in [2.24, 2.45) is 0 Å². The van der Waals surface area contributed by atoms with Gasteiger partial charge in [0, 0.05) is 10.6 Å². The number of hydrogen-bond donors (Lipinski definition) is 2. The van der Waals surface area contributed by atoms with Crippen LogP contribution in [0.2, 0.25) is 0 Å². The Bertz CT molecular complexity index is 821. The van der Waals surface area contributed by atoms with Crippen molar-refractivity contribution in [3.05, 3.63) is 40.3 Å². The molecule has 136 valence electrons. The summed E-state index contributed by atoms with van der Waals surface area (Å²) < 4.78 is 5.14. The predicted octanol–water partition coefficient (Wildman–Crippen LogP) is 4.34. The first kappa shape index (κ1) is 18.3. The maximum absolute atomic E-state index is 12.6. The molecule has 0 fully saturated rings. The van der Waals surface area contributed by atoms with Gasteiger partial charge in [-0.1, -0.05) is 6.42 Å². The van der Waals surface area contributed by atoms with Gasteiger partial charge in [-0.3, -0.25) is 4.79 Å². The summed E-state index contributed by atoms with van der Waals surface area (Å²) in [6.07, 6.45) is 5.41. The molecule has 0 spiro atoms. The molecule has 1 heterocycles. The van der Waals surface area contributed by atoms with Crippen molar-refractivity contribution >= 4 is 27.9 Å². The average molecular weight is 369 g/mol. The number of anilines is 2. The summed E-state index contributed by atoms with van der Waals surface area (Å²) in [5.74, 6) is 0.625. The Morgan fingerprint density at radius 2 is 1.96 bits per heavy atom. The van der Waals surface area contributed by atoms with Crippen LogP contribution in [0.4, 0.5) is 10.7 Å². The molecule has 0 aliphatic heterocycles. The molecule has 0 bridgehead atoms. The number of carbonyl (C=O) groups excluding carboxylic acids is 1. The Morgan fingerprint density at radius 3 is 2.65 bits per heavy atom. The summed E-state index contributed by atoms with van der Waals surface area (Å²) >= 11 is 1.56. The molecule has 1 aliphatic rings. The van der Waals surface area contributed by atoms with Crippen LogP contribution in [0.3, 0.4) is 0 Å². The zero-order chi connectivity index (χ0) is 18.5. The number of aryl methyl sites for hydroxylation is 1. The molecule has 0 saturated carbocycles. The fraction of sp³-hybridized carbons (Fsp3) is 0.400. The smallest absolute Gasteiger partial charge is 0.247 e. The van der Waals surface area contributed by atoms with Crippen LogP contribution in [0.5, 0.6) is 5.75 Å². The molecule has 1 aromatic carbocycles. The highest BCUT2D eigenvalue weighted by molar-refractivity contribution is 7.16. The first-order valence-corrected chi connectivity index (χ1v) is 9.70. The molecule has 6 heteroatoms. The van der Waals surface area contributed by atoms with Crippen molar-refractivity contribution < 1.29 is 9.53 Å². The zero-order valence-corrected chi connectivity index (χ0v) is 15.9. The normalized spacial score (nSPS) is 14.5. The van der Waals surface area contributed by atoms with Gasteiger partial charge in [-0.15, -0.1) is 11.3 Å². The van der Waals surface area contributed by atoms with Crippen LogP contribution in [0, 0.1) is 11.3 Å². The Hall–Kier alpha value is -2.52. The number of nitriles is 1. The van der Waals surface area contributed by atoms with Crippen molar-refractivity contribution in [3.8, 4) is 11.8 Å². The third kappa shape index (κ3) is 4.00. The van der Waals surface area contributed by atoms with E-state index in [1.807, 2.05) is 31.2 Å². The zero-order valence-electron chi connectivity index (χ0n) is 15.1. The molecule has 1 amide bonds. The number of fused-ring (bicyclic) bond motifs is 1. The van der Waals surface area contributed by atoms with Crippen LogP contribution in [0.1, 0.15) is 42.2 Å². The monoisotopic (exact) mass is 369 g/mol. The van der Waals surface area contributed by atoms with E-state index >= 15 is 0 Å². The van der Waals surface area contributed by atoms with Crippen LogP contribution in [0.15, 0.2) is 24.3 Å². The van der Waals surface area contributed by atoms with Gasteiger partial charge >= 0.3 is 0 Å². The molecular formula is C20H23N3O2S. The molecule has 2 N–H and O–H groups in total. The lowest BCUT2D eigenvalue weighted by Gasteiger charge is -2.15. The summed E-state index contributed by atoms with van der Waals surface area (Å²) in [5.41, 5.74) is 2.63. The van der Waals surface area contributed by atoms with Gasteiger partial charge in [-0.2, -0.15) is 5.26 Å². The molecule has 5 nitrogen and oxygen atoms in total. The first-order valence-electron chi connectivity index (χ1n) is 8.88. The van der Waals surface area contributed by atoms with E-state index in [0.717, 1.165) is 42.7 Å². The molecule has 1 unspecified atom stereocenters. The van der Waals surface area contributed by atoms with Gasteiger partial charge in [-0.25, -0.2) is 0 Å². The van der Waals surface area contributed by atoms with Crippen LogP contribution in [0.25, 0.3) is 0 Å². The first-order chi connectivity index (χ1) is 12.6. The van der Waals surface area contributed by atoms with Crippen molar-refractivity contribution in [2.75, 3.05) is 17.7 Å². The minimum atomic E-state index is -0.420. The fourth-order valence-electron chi connectivity index (χ4n) is 3.17. The molecule has 1 atom stereocenters. The molecule has 3 rings (SSSR count). The number of thiophene rings is 1. The van der Waals surface area contributed by atoms with Gasteiger partial charge in [-0.05, 0) is 62.4 Å². The fourth-order valence-corrected chi connectivity index (χ4v) is 4.41. The highest BCUT2D eigenvalue weighted by Gasteiger charge is 2.22. The van der Waals surface area contributed by atoms with E-state index in [1.165, 1.54) is 11.3 Å². The number of carbonyl (C=O) groups is 1. The lowest BCUT2D eigenvalue weighted by Crippen LogP contribution is -2.31. The van der Waals surface area contributed by atoms with E-state index in [4.69, 9.17) is 4.74 Å². The second kappa shape index (κ2) is 8.24. The molecule has 0 radical (unpaired) electrons. The second-order valence-corrected chi connectivity index (χ2v) is 7.57. The molecule has 2 aromatic rings. The standard InChI is InChI=1S/C20H23N3O2S/c1-13(22-14-8-10-15(25-2)11-9-14)19(24)23-20-17(12-21)16-6-4-3-5-7-18(16)26-20/h8-11,13,22H,3-7H2,1-2H3,(H,23,24). The summed E-state index contributed by atoms with van der Waals surface area (Å²) in [5, 5.41) is 16.4. The highest BCUT2D eigenvalue weighted by Crippen LogP contribution is 2.37. The molecule has 1 aromatic heterocycles. The largest absolute Gasteiger partial charge is 0.497 e. The maximum Gasteiger partial charge on any atom is 0.247 e. The molecular weight excluding hydrogens is 346 g/mol. The summed E-state index contributed by atoms with van der Waals surface area (Å²) in [4.78, 5) is 13.8. The second-order valence-electron chi connectivity index (χ2n) is 6.46. The van der Waals surface area contributed by atoms with E-state index in [-0.39, 0.29) is 5.91 Å². The van der Waals surface area contributed by atoms with E-state index in [9.17, 15) is 10.1 Å². The molecule has 26 heavy (non-hydrogen) atoms. The van der Waals surface area contributed by atoms with Crippen LogP contribution in [-0.4, -0.2) is 19.1 Å². The number of amides is 1. The SMILES string of the molecule is COc1ccc(NC(C)C(=O)Nc2sc3c(c2C#N)CCCCC3)cc1. The van der Waals surface area contributed by atoms with Crippen molar-refractivity contribution in [2.45, 2.75) is 45.1 Å². The van der Waals surface area contributed by atoms with E-state index in [2.05, 4.69) is 16.7 Å². The van der Waals surface area contributed by atoms with Gasteiger partial charge in [0.2, 0.25) is 5.91 Å². The van der Waals surface area contributed by atoms with Crippen LogP contribution in [-0.2, 0) is 17.6 Å². The van der Waals surface area contributed by atoms with Gasteiger partial charge in [0.05, 0.1) is 12.7 Å². The number of nitrogens with one attached hydrogen (secondary N) is 2. The number of hydrogen-bond acceptors (Lipinski definition) is 5. The lowest BCUT2D eigenvalue weighted by molar-refractivity contribution is -0.116. The van der Waals surface area contributed by atoms with Crippen LogP contribution < -0.4 is 15.4 Å². The Labute approximate surface area is 158 Å². The minimum Gasteiger partial charge on any atom is -0.497 e. The van der Waals surface area contributed by atoms with Gasteiger partial charge in [0.15, 0.2) is 0 Å². The lowest BCUT2D eigenvalue weighted by atomic mass is 10.1. The number of ether oxygens (including phenoxy) is 1. The molecule has 0 saturated heterocycles. The Balaban J connectivity index is 1.70. The van der Waals surface area contributed by atoms with E-state index in [1.54, 1.807) is 18.4 Å². The maximum atomic E-state index is 12.6. The Morgan fingerprint density at radius 1 is 1.23 bits per heavy atom. The summed E-state index contributed by atoms with van der Waals surface area (Å²) in [6.45, 7) is 1.81. The minimum absolute atomic E-state index is 0.145. The summed E-state index contributed by atoms with van der Waals surface area (Å²) in [7, 11) is 1.62. The predicted molar refractivity (Wildman–Crippen MR) is 105 cm³/mol. The van der Waals surface area contributed by atoms with Crippen molar-refractivity contribution in [1.29, 1.82) is 5.26 Å². The van der Waals surface area contributed by atoms with Crippen LogP contribution >= 0.6 is 11.3 Å². The third-order valence-electron chi connectivity index (χ3n) is 4.64. The summed E-state index contributed by atoms with van der Waals surface area (Å²) in [6, 6.07) is 9.31. The van der Waals surface area contributed by atoms with Gasteiger partial charge in [0.25, 0.3) is 0 Å². The number of methoxy groups -OCH3 is 1. The average Bonchev–Trinajstić information content (AvgIpc) is 2.81. The number of rotatable bonds is 5. The van der Waals surface area contributed by atoms with E-state index in [0.29, 0.717) is 10.6 Å². The highest BCUT2D eigenvalue weighted by atomic mass is 32.1. The third-order valence-corrected chi connectivity index (χ3v) is 5.84. The van der Waals surface area contributed by atoms with Crippen molar-refractivity contribution in [1.82, 2.24) is 0 Å². The number of benzene rings is 1. The Kier molecular flexibility index (Phi) is 5.79. The van der Waals surface area contributed by atoms with Crippen molar-refractivity contribution in [3.63, 3.8) is 0 Å². The van der Waals surface area contributed by atoms with E-state index < -0.39 is 6.04 Å². The quantitative estimate of drug-likeness (QED) is 0.769.